The van der Waals surface area contributed by atoms with Gasteiger partial charge in [-0.05, 0) is 51.3 Å². The summed E-state index contributed by atoms with van der Waals surface area (Å²) in [5.41, 5.74) is 3.60. The Morgan fingerprint density at radius 3 is 2.27 bits per heavy atom. The number of carbonyl (C=O) groups is 1. The van der Waals surface area contributed by atoms with Crippen molar-refractivity contribution in [2.75, 3.05) is 0 Å². The molecule has 0 bridgehead atoms. The van der Waals surface area contributed by atoms with Crippen LogP contribution in [-0.4, -0.2) is 10.4 Å². The highest BCUT2D eigenvalue weighted by Crippen LogP contribution is 2.14. The SMILES string of the molecule is Cc1cccc(C)c1CC(=O)C[n+]1ccn(C(C)(C)C)c1.[Br-]. The molecule has 0 saturated carbocycles. The van der Waals surface area contributed by atoms with E-state index in [1.165, 1.54) is 16.7 Å². The van der Waals surface area contributed by atoms with Gasteiger partial charge in [0.1, 0.15) is 24.5 Å². The lowest BCUT2D eigenvalue weighted by Crippen LogP contribution is -3.00. The molecule has 4 heteroatoms. The van der Waals surface area contributed by atoms with Gasteiger partial charge in [0.05, 0.1) is 0 Å². The maximum Gasteiger partial charge on any atom is 0.244 e. The molecule has 3 nitrogen and oxygen atoms in total. The Balaban J connectivity index is 0.00000242. The van der Waals surface area contributed by atoms with Crippen molar-refractivity contribution in [3.63, 3.8) is 0 Å². The lowest BCUT2D eigenvalue weighted by atomic mass is 9.98. The van der Waals surface area contributed by atoms with Crippen molar-refractivity contribution in [2.24, 2.45) is 0 Å². The highest BCUT2D eigenvalue weighted by molar-refractivity contribution is 5.80. The summed E-state index contributed by atoms with van der Waals surface area (Å²) in [6.07, 6.45) is 6.50. The second-order valence-electron chi connectivity index (χ2n) is 6.75. The van der Waals surface area contributed by atoms with E-state index in [0.29, 0.717) is 13.0 Å². The summed E-state index contributed by atoms with van der Waals surface area (Å²) in [6.45, 7) is 11.0. The summed E-state index contributed by atoms with van der Waals surface area (Å²) in [4.78, 5) is 12.3. The normalized spacial score (nSPS) is 11.1. The number of imidazole rings is 1. The predicted molar refractivity (Wildman–Crippen MR) is 84.3 cm³/mol. The number of Topliss-reactive ketones (excluding diaryl/α,β-unsaturated/α-hetero) is 1. The van der Waals surface area contributed by atoms with Gasteiger partial charge in [-0.25, -0.2) is 9.13 Å². The van der Waals surface area contributed by atoms with Crippen LogP contribution in [0.5, 0.6) is 0 Å². The zero-order valence-electron chi connectivity index (χ0n) is 14.1. The number of ketones is 1. The zero-order valence-corrected chi connectivity index (χ0v) is 15.6. The summed E-state index contributed by atoms with van der Waals surface area (Å²) in [5.74, 6) is 0.240. The van der Waals surface area contributed by atoms with Crippen LogP contribution < -0.4 is 21.5 Å². The number of carbonyl (C=O) groups excluding carboxylic acids is 1. The Hall–Kier alpha value is -1.42. The first-order chi connectivity index (χ1) is 9.77. The van der Waals surface area contributed by atoms with Crippen molar-refractivity contribution >= 4 is 5.78 Å². The summed E-state index contributed by atoms with van der Waals surface area (Å²) in [5, 5.41) is 0. The van der Waals surface area contributed by atoms with Crippen molar-refractivity contribution in [2.45, 2.75) is 53.1 Å². The van der Waals surface area contributed by atoms with Crippen molar-refractivity contribution in [1.82, 2.24) is 4.57 Å². The molecule has 120 valence electrons. The molecule has 0 fully saturated rings. The van der Waals surface area contributed by atoms with Gasteiger partial charge in [0, 0.05) is 6.42 Å². The third-order valence-corrected chi connectivity index (χ3v) is 3.84. The van der Waals surface area contributed by atoms with Gasteiger partial charge in [-0.15, -0.1) is 0 Å². The number of benzene rings is 1. The maximum atomic E-state index is 12.3. The molecular weight excluding hydrogens is 340 g/mol. The molecule has 0 spiro atoms. The van der Waals surface area contributed by atoms with E-state index in [1.54, 1.807) is 0 Å². The van der Waals surface area contributed by atoms with E-state index in [-0.39, 0.29) is 28.3 Å². The molecule has 22 heavy (non-hydrogen) atoms. The van der Waals surface area contributed by atoms with E-state index < -0.39 is 0 Å². The standard InChI is InChI=1S/C18H25N2O.BrH/c1-14-7-6-8-15(2)17(14)11-16(21)12-19-9-10-20(13-19)18(3,4)5;/h6-10,13H,11-12H2,1-5H3;1H/q+1;/p-1. The van der Waals surface area contributed by atoms with E-state index in [4.69, 9.17) is 0 Å². The lowest BCUT2D eigenvalue weighted by Gasteiger charge is -2.13. The van der Waals surface area contributed by atoms with Gasteiger partial charge in [0.25, 0.3) is 0 Å². The van der Waals surface area contributed by atoms with Gasteiger partial charge in [-0.3, -0.25) is 4.79 Å². The third-order valence-electron chi connectivity index (χ3n) is 3.84. The monoisotopic (exact) mass is 364 g/mol. The van der Waals surface area contributed by atoms with Gasteiger partial charge >= 0.3 is 0 Å². The van der Waals surface area contributed by atoms with Gasteiger partial charge in [0.2, 0.25) is 6.33 Å². The predicted octanol–water partition coefficient (Wildman–Crippen LogP) is -0.0368. The summed E-state index contributed by atoms with van der Waals surface area (Å²) >= 11 is 0. The first-order valence-corrected chi connectivity index (χ1v) is 7.41. The number of rotatable bonds is 4. The van der Waals surface area contributed by atoms with Crippen LogP contribution in [0.15, 0.2) is 36.9 Å². The molecule has 0 N–H and O–H groups in total. The van der Waals surface area contributed by atoms with Crippen LogP contribution in [-0.2, 0) is 23.3 Å². The van der Waals surface area contributed by atoms with Crippen LogP contribution in [0.1, 0.15) is 37.5 Å². The van der Waals surface area contributed by atoms with Crippen molar-refractivity contribution in [1.29, 1.82) is 0 Å². The maximum absolute atomic E-state index is 12.3. The molecule has 0 unspecified atom stereocenters. The van der Waals surface area contributed by atoms with E-state index in [0.717, 1.165) is 0 Å². The summed E-state index contributed by atoms with van der Waals surface area (Å²) in [7, 11) is 0. The van der Waals surface area contributed by atoms with Crippen LogP contribution in [0.25, 0.3) is 0 Å². The number of halogens is 1. The van der Waals surface area contributed by atoms with Gasteiger partial charge in [0.15, 0.2) is 5.78 Å². The van der Waals surface area contributed by atoms with Crippen LogP contribution in [0, 0.1) is 13.8 Å². The Kier molecular flexibility index (Phi) is 6.12. The third kappa shape index (κ3) is 4.54. The molecular formula is C18H25BrN2O. The number of hydrogen-bond donors (Lipinski definition) is 0. The van der Waals surface area contributed by atoms with Crippen LogP contribution in [0.3, 0.4) is 0 Å². The summed E-state index contributed by atoms with van der Waals surface area (Å²) < 4.78 is 4.08. The number of aromatic nitrogens is 2. The average Bonchev–Trinajstić information content (AvgIpc) is 2.82. The topological polar surface area (TPSA) is 25.9 Å². The molecule has 2 rings (SSSR count). The quantitative estimate of drug-likeness (QED) is 0.699. The van der Waals surface area contributed by atoms with Crippen LogP contribution >= 0.6 is 0 Å². The van der Waals surface area contributed by atoms with Crippen LogP contribution in [0.4, 0.5) is 0 Å². The first-order valence-electron chi connectivity index (χ1n) is 7.41. The molecule has 0 saturated heterocycles. The fourth-order valence-electron chi connectivity index (χ4n) is 2.47. The van der Waals surface area contributed by atoms with E-state index >= 15 is 0 Å². The van der Waals surface area contributed by atoms with Crippen molar-refractivity contribution in [3.8, 4) is 0 Å². The van der Waals surface area contributed by atoms with Crippen molar-refractivity contribution in [3.05, 3.63) is 53.6 Å². The fourth-order valence-corrected chi connectivity index (χ4v) is 2.47. The molecule has 2 aromatic rings. The van der Waals surface area contributed by atoms with E-state index in [2.05, 4.69) is 51.3 Å². The Morgan fingerprint density at radius 2 is 1.77 bits per heavy atom. The smallest absolute Gasteiger partial charge is 0.244 e. The Bertz CT molecular complexity index is 633. The number of hydrogen-bond acceptors (Lipinski definition) is 1. The largest absolute Gasteiger partial charge is 1.00 e. The fraction of sp³-hybridized carbons (Fsp3) is 0.444. The minimum Gasteiger partial charge on any atom is -1.00 e. The zero-order chi connectivity index (χ0) is 15.6. The number of aryl methyl sites for hydroxylation is 2. The second-order valence-corrected chi connectivity index (χ2v) is 6.75. The average molecular weight is 365 g/mol. The Labute approximate surface area is 143 Å². The Morgan fingerprint density at radius 1 is 1.18 bits per heavy atom. The molecule has 0 aliphatic carbocycles. The van der Waals surface area contributed by atoms with Gasteiger partial charge < -0.3 is 17.0 Å². The molecule has 0 amide bonds. The molecule has 1 aromatic carbocycles. The molecule has 0 atom stereocenters. The summed E-state index contributed by atoms with van der Waals surface area (Å²) in [6, 6.07) is 6.18. The highest BCUT2D eigenvalue weighted by Gasteiger charge is 2.20. The minimum atomic E-state index is 0. The first kappa shape index (κ1) is 18.6. The van der Waals surface area contributed by atoms with Crippen LogP contribution in [0.2, 0.25) is 0 Å². The molecule has 0 aliphatic heterocycles. The van der Waals surface area contributed by atoms with E-state index in [9.17, 15) is 4.79 Å². The minimum absolute atomic E-state index is 0. The lowest BCUT2D eigenvalue weighted by molar-refractivity contribution is -0.684. The molecule has 0 radical (unpaired) electrons. The van der Waals surface area contributed by atoms with Crippen molar-refractivity contribution < 1.29 is 26.3 Å². The van der Waals surface area contributed by atoms with Gasteiger partial charge in [-0.1, -0.05) is 18.2 Å². The van der Waals surface area contributed by atoms with Gasteiger partial charge in [-0.2, -0.15) is 0 Å². The van der Waals surface area contributed by atoms with E-state index in [1.807, 2.05) is 29.4 Å². The highest BCUT2D eigenvalue weighted by atomic mass is 79.9. The molecule has 0 aliphatic rings. The second kappa shape index (κ2) is 7.23. The number of nitrogens with zero attached hydrogens (tertiary/aromatic N) is 2. The molecule has 1 heterocycles. The molecule has 1 aromatic heterocycles.